The Balaban J connectivity index is 2.47. The Kier molecular flexibility index (Phi) is 5.42. The highest BCUT2D eigenvalue weighted by Crippen LogP contribution is 2.09. The van der Waals surface area contributed by atoms with Crippen molar-refractivity contribution in [2.75, 3.05) is 6.54 Å². The van der Waals surface area contributed by atoms with Crippen molar-refractivity contribution in [3.05, 3.63) is 35.1 Å². The number of carbonyl (C=O) groups excluding carboxylic acids is 1. The van der Waals surface area contributed by atoms with Crippen LogP contribution in [-0.2, 0) is 0 Å². The largest absolute Gasteiger partial charge is 0.352 e. The molecule has 1 N–H and O–H groups in total. The molecule has 0 radical (unpaired) electrons. The summed E-state index contributed by atoms with van der Waals surface area (Å²) in [6.07, 6.45) is 1.63. The molecule has 0 bridgehead atoms. The number of benzene rings is 1. The third kappa shape index (κ3) is 4.73. The molecule has 1 atom stereocenters. The molecule has 17 heavy (non-hydrogen) atoms. The monoisotopic (exact) mass is 257 g/mol. The van der Waals surface area contributed by atoms with Gasteiger partial charge in [0, 0.05) is 11.9 Å². The van der Waals surface area contributed by atoms with Gasteiger partial charge in [-0.1, -0.05) is 6.07 Å². The molecule has 0 aliphatic rings. The van der Waals surface area contributed by atoms with E-state index in [-0.39, 0.29) is 16.8 Å². The topological polar surface area (TPSA) is 29.1 Å². The first-order valence-corrected chi connectivity index (χ1v) is 6.12. The van der Waals surface area contributed by atoms with Crippen LogP contribution in [0.25, 0.3) is 0 Å². The van der Waals surface area contributed by atoms with E-state index in [1.807, 2.05) is 6.92 Å². The summed E-state index contributed by atoms with van der Waals surface area (Å²) in [5.41, 5.74) is 0.893. The molecule has 0 saturated heterocycles. The Morgan fingerprint density at radius 3 is 2.82 bits per heavy atom. The number of hydrogen-bond donors (Lipinski definition) is 1. The smallest absolute Gasteiger partial charge is 0.254 e. The van der Waals surface area contributed by atoms with Crippen LogP contribution >= 0.6 is 11.6 Å². The van der Waals surface area contributed by atoms with Crippen molar-refractivity contribution in [3.63, 3.8) is 0 Å². The number of aryl methyl sites for hydroxylation is 1. The van der Waals surface area contributed by atoms with E-state index in [1.165, 1.54) is 12.1 Å². The van der Waals surface area contributed by atoms with Gasteiger partial charge in [0.2, 0.25) is 0 Å². The normalized spacial score (nSPS) is 12.2. The summed E-state index contributed by atoms with van der Waals surface area (Å²) in [5.74, 6) is -0.849. The van der Waals surface area contributed by atoms with E-state index < -0.39 is 5.82 Å². The van der Waals surface area contributed by atoms with E-state index >= 15 is 0 Å². The summed E-state index contributed by atoms with van der Waals surface area (Å²) in [5, 5.41) is 2.78. The number of hydrogen-bond acceptors (Lipinski definition) is 1. The number of rotatable bonds is 5. The lowest BCUT2D eigenvalue weighted by atomic mass is 10.1. The maximum Gasteiger partial charge on any atom is 0.254 e. The molecule has 4 heteroatoms. The Labute approximate surface area is 106 Å². The zero-order chi connectivity index (χ0) is 12.8. The van der Waals surface area contributed by atoms with E-state index in [9.17, 15) is 9.18 Å². The molecule has 1 unspecified atom stereocenters. The van der Waals surface area contributed by atoms with Crippen molar-refractivity contribution >= 4 is 17.5 Å². The fraction of sp³-hybridized carbons (Fsp3) is 0.462. The van der Waals surface area contributed by atoms with Crippen molar-refractivity contribution in [1.29, 1.82) is 0 Å². The van der Waals surface area contributed by atoms with Crippen molar-refractivity contribution in [1.82, 2.24) is 5.32 Å². The summed E-state index contributed by atoms with van der Waals surface area (Å²) in [6, 6.07) is 4.58. The highest BCUT2D eigenvalue weighted by molar-refractivity contribution is 6.20. The lowest BCUT2D eigenvalue weighted by Gasteiger charge is -2.07. The van der Waals surface area contributed by atoms with Crippen molar-refractivity contribution in [3.8, 4) is 0 Å². The van der Waals surface area contributed by atoms with E-state index in [2.05, 4.69) is 5.32 Å². The Morgan fingerprint density at radius 2 is 2.24 bits per heavy atom. The van der Waals surface area contributed by atoms with Crippen LogP contribution in [0.15, 0.2) is 18.2 Å². The molecule has 0 aliphatic carbocycles. The number of halogens is 2. The zero-order valence-electron chi connectivity index (χ0n) is 10.1. The number of nitrogens with one attached hydrogen (secondary N) is 1. The number of amides is 1. The van der Waals surface area contributed by atoms with Crippen molar-refractivity contribution in [2.45, 2.75) is 32.1 Å². The highest BCUT2D eigenvalue weighted by Gasteiger charge is 2.10. The number of alkyl halides is 1. The lowest BCUT2D eigenvalue weighted by molar-refractivity contribution is 0.0949. The molecule has 0 spiro atoms. The summed E-state index contributed by atoms with van der Waals surface area (Å²) in [7, 11) is 0. The molecule has 1 rings (SSSR count). The van der Waals surface area contributed by atoms with Gasteiger partial charge in [0.05, 0.1) is 5.56 Å². The molecule has 1 aromatic carbocycles. The zero-order valence-corrected chi connectivity index (χ0v) is 10.9. The summed E-state index contributed by atoms with van der Waals surface area (Å²) in [6.45, 7) is 4.21. The van der Waals surface area contributed by atoms with Gasteiger partial charge in [0.25, 0.3) is 5.91 Å². The van der Waals surface area contributed by atoms with E-state index in [1.54, 1.807) is 13.0 Å². The van der Waals surface area contributed by atoms with Gasteiger partial charge in [0.1, 0.15) is 5.82 Å². The molecule has 2 nitrogen and oxygen atoms in total. The van der Waals surface area contributed by atoms with Gasteiger partial charge in [-0.25, -0.2) is 4.39 Å². The maximum absolute atomic E-state index is 13.5. The summed E-state index contributed by atoms with van der Waals surface area (Å²) in [4.78, 5) is 11.6. The van der Waals surface area contributed by atoms with Gasteiger partial charge >= 0.3 is 0 Å². The predicted octanol–water partition coefficient (Wildman–Crippen LogP) is 3.27. The van der Waals surface area contributed by atoms with Gasteiger partial charge in [-0.05, 0) is 44.4 Å². The molecule has 94 valence electrons. The minimum atomic E-state index is -0.479. The highest BCUT2D eigenvalue weighted by atomic mass is 35.5. The first-order chi connectivity index (χ1) is 8.00. The van der Waals surface area contributed by atoms with Crippen LogP contribution in [0, 0.1) is 12.7 Å². The third-order valence-corrected chi connectivity index (χ3v) is 2.65. The van der Waals surface area contributed by atoms with Crippen LogP contribution < -0.4 is 5.32 Å². The van der Waals surface area contributed by atoms with Crippen LogP contribution in [0.4, 0.5) is 4.39 Å². The summed E-state index contributed by atoms with van der Waals surface area (Å²) >= 11 is 5.78. The molecular formula is C13H17ClFNO. The second kappa shape index (κ2) is 6.60. The van der Waals surface area contributed by atoms with E-state index in [0.29, 0.717) is 6.54 Å². The van der Waals surface area contributed by atoms with Gasteiger partial charge in [0.15, 0.2) is 0 Å². The molecule has 1 amide bonds. The fourth-order valence-corrected chi connectivity index (χ4v) is 1.64. The Morgan fingerprint density at radius 1 is 1.53 bits per heavy atom. The lowest BCUT2D eigenvalue weighted by Crippen LogP contribution is -2.25. The Hall–Kier alpha value is -1.09. The van der Waals surface area contributed by atoms with Gasteiger partial charge in [-0.3, -0.25) is 4.79 Å². The minimum absolute atomic E-state index is 0.0921. The average Bonchev–Trinajstić information content (AvgIpc) is 2.23. The molecule has 0 heterocycles. The minimum Gasteiger partial charge on any atom is -0.352 e. The second-order valence-electron chi connectivity index (χ2n) is 4.16. The SMILES string of the molecule is Cc1ccc(C(=O)NCCCC(C)Cl)c(F)c1. The van der Waals surface area contributed by atoms with Crippen LogP contribution in [0.5, 0.6) is 0 Å². The maximum atomic E-state index is 13.5. The Bertz CT molecular complexity index is 393. The second-order valence-corrected chi connectivity index (χ2v) is 4.91. The quantitative estimate of drug-likeness (QED) is 0.637. The van der Waals surface area contributed by atoms with Gasteiger partial charge in [-0.2, -0.15) is 0 Å². The molecule has 0 fully saturated rings. The summed E-state index contributed by atoms with van der Waals surface area (Å²) < 4.78 is 13.5. The average molecular weight is 258 g/mol. The molecule has 0 aromatic heterocycles. The standard InChI is InChI=1S/C13H17ClFNO/c1-9-5-6-11(12(15)8-9)13(17)16-7-3-4-10(2)14/h5-6,8,10H,3-4,7H2,1-2H3,(H,16,17). The molecule has 0 aliphatic heterocycles. The van der Waals surface area contributed by atoms with Crippen LogP contribution in [0.3, 0.4) is 0 Å². The third-order valence-electron chi connectivity index (χ3n) is 2.43. The van der Waals surface area contributed by atoms with Crippen molar-refractivity contribution in [2.24, 2.45) is 0 Å². The molecular weight excluding hydrogens is 241 g/mol. The van der Waals surface area contributed by atoms with Crippen LogP contribution in [0.2, 0.25) is 0 Å². The molecule has 1 aromatic rings. The molecule has 0 saturated carbocycles. The van der Waals surface area contributed by atoms with Gasteiger partial charge in [-0.15, -0.1) is 11.6 Å². The fourth-order valence-electron chi connectivity index (χ4n) is 1.48. The first kappa shape index (κ1) is 14.0. The predicted molar refractivity (Wildman–Crippen MR) is 68.0 cm³/mol. The van der Waals surface area contributed by atoms with Crippen LogP contribution in [0.1, 0.15) is 35.7 Å². The van der Waals surface area contributed by atoms with E-state index in [0.717, 1.165) is 18.4 Å². The van der Waals surface area contributed by atoms with Crippen LogP contribution in [-0.4, -0.2) is 17.8 Å². The van der Waals surface area contributed by atoms with E-state index in [4.69, 9.17) is 11.6 Å². The van der Waals surface area contributed by atoms with Gasteiger partial charge < -0.3 is 5.32 Å². The first-order valence-electron chi connectivity index (χ1n) is 5.69. The van der Waals surface area contributed by atoms with Crippen molar-refractivity contribution < 1.29 is 9.18 Å². The number of carbonyl (C=O) groups is 1.